The third-order valence-electron chi connectivity index (χ3n) is 7.24. The fraction of sp³-hybridized carbons (Fsp3) is 0.235. The van der Waals surface area contributed by atoms with E-state index in [1.54, 1.807) is 0 Å². The van der Waals surface area contributed by atoms with Gasteiger partial charge in [0.1, 0.15) is 12.6 Å². The van der Waals surface area contributed by atoms with Gasteiger partial charge in [-0.05, 0) is 40.8 Å². The number of carbonyl (C=O) groups excluding carboxylic acids is 2. The van der Waals surface area contributed by atoms with Crippen molar-refractivity contribution in [3.05, 3.63) is 138 Å². The molecular formula is C34H34N2O3. The number of ether oxygens (including phenoxy) is 1. The number of hydrogen-bond acceptors (Lipinski definition) is 4. The Kier molecular flexibility index (Phi) is 8.37. The van der Waals surface area contributed by atoms with Crippen LogP contribution in [0.5, 0.6) is 0 Å². The number of amides is 2. The molecule has 5 heteroatoms. The summed E-state index contributed by atoms with van der Waals surface area (Å²) in [4.78, 5) is 30.5. The smallest absolute Gasteiger partial charge is 0.417 e. The summed E-state index contributed by atoms with van der Waals surface area (Å²) in [6.07, 6.45) is 0.892. The predicted molar refractivity (Wildman–Crippen MR) is 154 cm³/mol. The van der Waals surface area contributed by atoms with Gasteiger partial charge < -0.3 is 9.64 Å². The van der Waals surface area contributed by atoms with Gasteiger partial charge in [0.15, 0.2) is 0 Å². The highest BCUT2D eigenvalue weighted by Gasteiger charge is 2.41. The average molecular weight is 519 g/mol. The molecule has 0 bridgehead atoms. The number of nitrogens with zero attached hydrogens (tertiary/aromatic N) is 2. The molecule has 198 valence electrons. The van der Waals surface area contributed by atoms with Gasteiger partial charge in [-0.3, -0.25) is 4.79 Å². The Hall–Kier alpha value is -4.38. The second-order valence-corrected chi connectivity index (χ2v) is 9.98. The first-order chi connectivity index (χ1) is 19.1. The van der Waals surface area contributed by atoms with E-state index in [4.69, 9.17) is 4.74 Å². The second-order valence-electron chi connectivity index (χ2n) is 9.98. The first-order valence-electron chi connectivity index (χ1n) is 13.6. The van der Waals surface area contributed by atoms with Crippen molar-refractivity contribution in [2.45, 2.75) is 44.8 Å². The monoisotopic (exact) mass is 518 g/mol. The zero-order valence-electron chi connectivity index (χ0n) is 22.3. The minimum atomic E-state index is -0.569. The standard InChI is InChI=1S/C34H34N2O3/c1-2-13-31(33(37)36-32(25-39-34(36)38)28-18-10-5-11-19-28)29-20-12-21-30(22-29)35(23-26-14-6-3-7-15-26)24-27-16-8-4-9-17-27/h3-12,14-22,31-32H,2,13,23-25H2,1H3. The fourth-order valence-corrected chi connectivity index (χ4v) is 5.26. The van der Waals surface area contributed by atoms with Crippen LogP contribution < -0.4 is 4.90 Å². The van der Waals surface area contributed by atoms with Crippen molar-refractivity contribution in [3.8, 4) is 0 Å². The van der Waals surface area contributed by atoms with Crippen molar-refractivity contribution in [1.82, 2.24) is 4.90 Å². The molecule has 5 nitrogen and oxygen atoms in total. The van der Waals surface area contributed by atoms with Crippen molar-refractivity contribution in [1.29, 1.82) is 0 Å². The Morgan fingerprint density at radius 3 is 2.03 bits per heavy atom. The van der Waals surface area contributed by atoms with E-state index in [-0.39, 0.29) is 12.5 Å². The predicted octanol–water partition coefficient (Wildman–Crippen LogP) is 7.50. The fourth-order valence-electron chi connectivity index (χ4n) is 5.26. The lowest BCUT2D eigenvalue weighted by atomic mass is 9.91. The molecule has 0 spiro atoms. The maximum atomic E-state index is 14.0. The van der Waals surface area contributed by atoms with Crippen LogP contribution in [0.15, 0.2) is 115 Å². The Balaban J connectivity index is 1.46. The first kappa shape index (κ1) is 26.2. The van der Waals surface area contributed by atoms with Gasteiger partial charge in [-0.1, -0.05) is 116 Å². The van der Waals surface area contributed by atoms with Crippen LogP contribution in [0.3, 0.4) is 0 Å². The molecule has 1 aliphatic heterocycles. The van der Waals surface area contributed by atoms with Gasteiger partial charge in [-0.25, -0.2) is 9.69 Å². The molecule has 39 heavy (non-hydrogen) atoms. The largest absolute Gasteiger partial charge is 0.446 e. The molecule has 2 atom stereocenters. The van der Waals surface area contributed by atoms with Crippen LogP contribution in [-0.2, 0) is 22.6 Å². The molecule has 2 unspecified atom stereocenters. The molecule has 4 aromatic carbocycles. The van der Waals surface area contributed by atoms with Crippen LogP contribution in [0, 0.1) is 0 Å². The maximum absolute atomic E-state index is 14.0. The highest BCUT2D eigenvalue weighted by molar-refractivity contribution is 5.97. The highest BCUT2D eigenvalue weighted by atomic mass is 16.6. The number of carbonyl (C=O) groups is 2. The molecule has 0 radical (unpaired) electrons. The van der Waals surface area contributed by atoms with E-state index in [0.717, 1.165) is 36.3 Å². The van der Waals surface area contributed by atoms with Crippen molar-refractivity contribution in [2.24, 2.45) is 0 Å². The van der Waals surface area contributed by atoms with Crippen molar-refractivity contribution >= 4 is 17.7 Å². The quantitative estimate of drug-likeness (QED) is 0.218. The summed E-state index contributed by atoms with van der Waals surface area (Å²) in [6.45, 7) is 3.72. The molecule has 1 saturated heterocycles. The zero-order valence-corrected chi connectivity index (χ0v) is 22.3. The van der Waals surface area contributed by atoms with E-state index in [0.29, 0.717) is 6.42 Å². The van der Waals surface area contributed by atoms with Crippen LogP contribution >= 0.6 is 0 Å². The Bertz CT molecular complexity index is 1330. The molecule has 4 aromatic rings. The minimum absolute atomic E-state index is 0.176. The molecule has 1 fully saturated rings. The van der Waals surface area contributed by atoms with Crippen molar-refractivity contribution in [2.75, 3.05) is 11.5 Å². The van der Waals surface area contributed by atoms with Gasteiger partial charge in [0.05, 0.1) is 5.92 Å². The van der Waals surface area contributed by atoms with E-state index >= 15 is 0 Å². The lowest BCUT2D eigenvalue weighted by Gasteiger charge is -2.28. The van der Waals surface area contributed by atoms with E-state index in [1.165, 1.54) is 16.0 Å². The van der Waals surface area contributed by atoms with E-state index in [1.807, 2.05) is 54.6 Å². The molecule has 1 aliphatic rings. The number of imide groups is 1. The maximum Gasteiger partial charge on any atom is 0.417 e. The average Bonchev–Trinajstić information content (AvgIpc) is 3.38. The van der Waals surface area contributed by atoms with Crippen molar-refractivity contribution in [3.63, 3.8) is 0 Å². The molecule has 0 aromatic heterocycles. The van der Waals surface area contributed by atoms with Crippen LogP contribution in [0.2, 0.25) is 0 Å². The van der Waals surface area contributed by atoms with E-state index < -0.39 is 18.1 Å². The SMILES string of the molecule is CCCC(C(=O)N1C(=O)OCC1c1ccccc1)c1cccc(N(Cc2ccccc2)Cc2ccccc2)c1. The molecule has 0 N–H and O–H groups in total. The molecule has 0 saturated carbocycles. The summed E-state index contributed by atoms with van der Waals surface area (Å²) < 4.78 is 5.37. The van der Waals surface area contributed by atoms with E-state index in [9.17, 15) is 9.59 Å². The van der Waals surface area contributed by atoms with Gasteiger partial charge in [-0.15, -0.1) is 0 Å². The number of cyclic esters (lactones) is 1. The number of rotatable bonds is 10. The molecule has 0 aliphatic carbocycles. The summed E-state index contributed by atoms with van der Waals surface area (Å²) in [5, 5.41) is 0. The normalized spacial score (nSPS) is 15.6. The molecular weight excluding hydrogens is 484 g/mol. The Morgan fingerprint density at radius 1 is 0.846 bits per heavy atom. The Morgan fingerprint density at radius 2 is 1.44 bits per heavy atom. The number of benzene rings is 4. The summed E-state index contributed by atoms with van der Waals surface area (Å²) in [5.74, 6) is -0.648. The summed E-state index contributed by atoms with van der Waals surface area (Å²) >= 11 is 0. The second kappa shape index (κ2) is 12.4. The summed E-state index contributed by atoms with van der Waals surface area (Å²) in [7, 11) is 0. The molecule has 5 rings (SSSR count). The van der Waals surface area contributed by atoms with Crippen molar-refractivity contribution < 1.29 is 14.3 Å². The van der Waals surface area contributed by atoms with Crippen LogP contribution in [0.4, 0.5) is 10.5 Å². The van der Waals surface area contributed by atoms with E-state index in [2.05, 4.69) is 72.5 Å². The van der Waals surface area contributed by atoms with Gasteiger partial charge in [0, 0.05) is 18.8 Å². The molecule has 1 heterocycles. The van der Waals surface area contributed by atoms with Gasteiger partial charge in [0.2, 0.25) is 5.91 Å². The number of hydrogen-bond donors (Lipinski definition) is 0. The lowest BCUT2D eigenvalue weighted by molar-refractivity contribution is -0.131. The first-order valence-corrected chi connectivity index (χ1v) is 13.6. The lowest BCUT2D eigenvalue weighted by Crippen LogP contribution is -2.38. The summed E-state index contributed by atoms with van der Waals surface area (Å²) in [6, 6.07) is 38.3. The minimum Gasteiger partial charge on any atom is -0.446 e. The van der Waals surface area contributed by atoms with Gasteiger partial charge >= 0.3 is 6.09 Å². The van der Waals surface area contributed by atoms with Gasteiger partial charge in [-0.2, -0.15) is 0 Å². The van der Waals surface area contributed by atoms with Crippen LogP contribution in [-0.4, -0.2) is 23.5 Å². The van der Waals surface area contributed by atoms with Crippen LogP contribution in [0.1, 0.15) is 54.0 Å². The third-order valence-corrected chi connectivity index (χ3v) is 7.24. The molecule has 2 amide bonds. The number of anilines is 1. The highest BCUT2D eigenvalue weighted by Crippen LogP contribution is 2.35. The topological polar surface area (TPSA) is 49.9 Å². The Labute approximate surface area is 230 Å². The zero-order chi connectivity index (χ0) is 27.0. The third kappa shape index (κ3) is 6.20. The summed E-state index contributed by atoms with van der Waals surface area (Å²) in [5.41, 5.74) is 5.28. The van der Waals surface area contributed by atoms with Crippen LogP contribution in [0.25, 0.3) is 0 Å². The van der Waals surface area contributed by atoms with Gasteiger partial charge in [0.25, 0.3) is 0 Å².